The Bertz CT molecular complexity index is 386. The van der Waals surface area contributed by atoms with Crippen molar-refractivity contribution in [3.63, 3.8) is 0 Å². The molecule has 0 aromatic heterocycles. The number of aryl methyl sites for hydroxylation is 1. The summed E-state index contributed by atoms with van der Waals surface area (Å²) in [6.45, 7) is 6.00. The molecule has 1 aromatic rings. The van der Waals surface area contributed by atoms with Crippen molar-refractivity contribution in [3.05, 3.63) is 29.3 Å². The summed E-state index contributed by atoms with van der Waals surface area (Å²) >= 11 is 5.60. The van der Waals surface area contributed by atoms with Crippen LogP contribution >= 0.6 is 11.6 Å². The second-order valence-corrected chi connectivity index (χ2v) is 4.58. The van der Waals surface area contributed by atoms with Gasteiger partial charge in [-0.05, 0) is 44.0 Å². The van der Waals surface area contributed by atoms with Crippen molar-refractivity contribution in [1.82, 2.24) is 0 Å². The predicted octanol–water partition coefficient (Wildman–Crippen LogP) is 3.85. The lowest BCUT2D eigenvalue weighted by Gasteiger charge is -2.13. The van der Waals surface area contributed by atoms with Gasteiger partial charge >= 0.3 is 0 Å². The van der Waals surface area contributed by atoms with Crippen molar-refractivity contribution in [3.8, 4) is 5.75 Å². The monoisotopic (exact) mass is 254 g/mol. The fourth-order valence-electron chi connectivity index (χ4n) is 1.70. The lowest BCUT2D eigenvalue weighted by molar-refractivity contribution is 0.0988. The minimum atomic E-state index is 0.105. The Morgan fingerprint density at radius 3 is 2.65 bits per heavy atom. The molecular formula is C14H19ClO2. The number of hydrogen-bond donors (Lipinski definition) is 0. The fraction of sp³-hybridized carbons (Fsp3) is 0.500. The van der Waals surface area contributed by atoms with E-state index in [1.807, 2.05) is 39.0 Å². The van der Waals surface area contributed by atoms with E-state index in [-0.39, 0.29) is 11.9 Å². The molecule has 94 valence electrons. The fourth-order valence-corrected chi connectivity index (χ4v) is 1.87. The van der Waals surface area contributed by atoms with Crippen molar-refractivity contribution in [1.29, 1.82) is 0 Å². The predicted molar refractivity (Wildman–Crippen MR) is 71.3 cm³/mol. The SMILES string of the molecule is CCc1cc(OC(C)C)ccc1C(=O)CCCl. The van der Waals surface area contributed by atoms with E-state index in [1.165, 1.54) is 0 Å². The number of ketones is 1. The van der Waals surface area contributed by atoms with Crippen LogP contribution in [0.5, 0.6) is 5.75 Å². The maximum Gasteiger partial charge on any atom is 0.164 e. The Balaban J connectivity index is 2.96. The average Bonchev–Trinajstić information content (AvgIpc) is 2.28. The number of carbonyl (C=O) groups excluding carboxylic acids is 1. The van der Waals surface area contributed by atoms with Gasteiger partial charge in [0.05, 0.1) is 6.10 Å². The topological polar surface area (TPSA) is 26.3 Å². The molecule has 0 radical (unpaired) electrons. The minimum absolute atomic E-state index is 0.105. The van der Waals surface area contributed by atoms with Gasteiger partial charge in [-0.3, -0.25) is 4.79 Å². The van der Waals surface area contributed by atoms with E-state index in [9.17, 15) is 4.79 Å². The molecule has 0 N–H and O–H groups in total. The molecule has 0 aliphatic rings. The van der Waals surface area contributed by atoms with Crippen LogP contribution in [0, 0.1) is 0 Å². The first-order valence-electron chi connectivity index (χ1n) is 5.97. The molecule has 1 aromatic carbocycles. The van der Waals surface area contributed by atoms with Crippen LogP contribution in [-0.2, 0) is 6.42 Å². The lowest BCUT2D eigenvalue weighted by Crippen LogP contribution is -2.08. The molecule has 0 spiro atoms. The highest BCUT2D eigenvalue weighted by atomic mass is 35.5. The molecule has 0 unspecified atom stereocenters. The molecular weight excluding hydrogens is 236 g/mol. The number of ether oxygens (including phenoxy) is 1. The van der Waals surface area contributed by atoms with Gasteiger partial charge in [0.1, 0.15) is 5.75 Å². The number of carbonyl (C=O) groups is 1. The largest absolute Gasteiger partial charge is 0.491 e. The Labute approximate surface area is 108 Å². The molecule has 0 saturated carbocycles. The van der Waals surface area contributed by atoms with Crippen molar-refractivity contribution in [2.24, 2.45) is 0 Å². The number of rotatable bonds is 6. The lowest BCUT2D eigenvalue weighted by atomic mass is 10.00. The number of Topliss-reactive ketones (excluding diaryl/α,β-unsaturated/α-hetero) is 1. The van der Waals surface area contributed by atoms with Gasteiger partial charge in [0, 0.05) is 17.9 Å². The van der Waals surface area contributed by atoms with Gasteiger partial charge in [0.25, 0.3) is 0 Å². The van der Waals surface area contributed by atoms with Gasteiger partial charge in [0.2, 0.25) is 0 Å². The van der Waals surface area contributed by atoms with E-state index < -0.39 is 0 Å². The van der Waals surface area contributed by atoms with E-state index in [2.05, 4.69) is 0 Å². The van der Waals surface area contributed by atoms with Crippen LogP contribution in [0.4, 0.5) is 0 Å². The Morgan fingerprint density at radius 2 is 2.12 bits per heavy atom. The third-order valence-corrected chi connectivity index (χ3v) is 2.64. The third-order valence-electron chi connectivity index (χ3n) is 2.45. The summed E-state index contributed by atoms with van der Waals surface area (Å²) in [6.07, 6.45) is 1.35. The van der Waals surface area contributed by atoms with Gasteiger partial charge in [0.15, 0.2) is 5.78 Å². The summed E-state index contributed by atoms with van der Waals surface area (Å²) in [5, 5.41) is 0. The van der Waals surface area contributed by atoms with Gasteiger partial charge in [-0.2, -0.15) is 0 Å². The Hall–Kier alpha value is -1.02. The van der Waals surface area contributed by atoms with Crippen molar-refractivity contribution >= 4 is 17.4 Å². The maximum atomic E-state index is 11.8. The molecule has 0 atom stereocenters. The van der Waals surface area contributed by atoms with E-state index in [4.69, 9.17) is 16.3 Å². The highest BCUT2D eigenvalue weighted by Crippen LogP contribution is 2.21. The summed E-state index contributed by atoms with van der Waals surface area (Å²) in [4.78, 5) is 11.8. The molecule has 3 heteroatoms. The van der Waals surface area contributed by atoms with Gasteiger partial charge in [-0.15, -0.1) is 11.6 Å². The van der Waals surface area contributed by atoms with Crippen LogP contribution in [0.1, 0.15) is 43.1 Å². The van der Waals surface area contributed by atoms with Crippen molar-refractivity contribution < 1.29 is 9.53 Å². The van der Waals surface area contributed by atoms with E-state index in [0.29, 0.717) is 12.3 Å². The zero-order valence-corrected chi connectivity index (χ0v) is 11.4. The number of hydrogen-bond acceptors (Lipinski definition) is 2. The van der Waals surface area contributed by atoms with E-state index in [0.717, 1.165) is 23.3 Å². The first-order chi connectivity index (χ1) is 8.08. The zero-order chi connectivity index (χ0) is 12.8. The van der Waals surface area contributed by atoms with Gasteiger partial charge in [-0.25, -0.2) is 0 Å². The van der Waals surface area contributed by atoms with Crippen LogP contribution in [0.3, 0.4) is 0 Å². The molecule has 1 rings (SSSR count). The molecule has 0 heterocycles. The number of benzene rings is 1. The van der Waals surface area contributed by atoms with Crippen molar-refractivity contribution in [2.75, 3.05) is 5.88 Å². The first-order valence-corrected chi connectivity index (χ1v) is 6.50. The number of alkyl halides is 1. The van der Waals surface area contributed by atoms with Crippen LogP contribution in [0.2, 0.25) is 0 Å². The van der Waals surface area contributed by atoms with Crippen LogP contribution in [0.25, 0.3) is 0 Å². The highest BCUT2D eigenvalue weighted by molar-refractivity contribution is 6.19. The third kappa shape index (κ3) is 4.04. The minimum Gasteiger partial charge on any atom is -0.491 e. The second kappa shape index (κ2) is 6.65. The van der Waals surface area contributed by atoms with Crippen LogP contribution < -0.4 is 4.74 Å². The summed E-state index contributed by atoms with van der Waals surface area (Å²) in [5.41, 5.74) is 1.79. The summed E-state index contributed by atoms with van der Waals surface area (Å²) < 4.78 is 5.61. The molecule has 0 saturated heterocycles. The van der Waals surface area contributed by atoms with Crippen molar-refractivity contribution in [2.45, 2.75) is 39.7 Å². The Kier molecular flexibility index (Phi) is 5.49. The maximum absolute atomic E-state index is 11.8. The smallest absolute Gasteiger partial charge is 0.164 e. The van der Waals surface area contributed by atoms with E-state index in [1.54, 1.807) is 0 Å². The average molecular weight is 255 g/mol. The molecule has 17 heavy (non-hydrogen) atoms. The van der Waals surface area contributed by atoms with Crippen LogP contribution in [-0.4, -0.2) is 17.8 Å². The molecule has 0 fully saturated rings. The molecule has 2 nitrogen and oxygen atoms in total. The molecule has 0 aliphatic heterocycles. The standard InChI is InChI=1S/C14H19ClO2/c1-4-11-9-12(17-10(2)3)5-6-13(11)14(16)7-8-15/h5-6,9-10H,4,7-8H2,1-3H3. The Morgan fingerprint density at radius 1 is 1.41 bits per heavy atom. The zero-order valence-electron chi connectivity index (χ0n) is 10.6. The van der Waals surface area contributed by atoms with Gasteiger partial charge < -0.3 is 4.74 Å². The first kappa shape index (κ1) is 14.0. The quantitative estimate of drug-likeness (QED) is 0.569. The second-order valence-electron chi connectivity index (χ2n) is 4.20. The summed E-state index contributed by atoms with van der Waals surface area (Å²) in [7, 11) is 0. The van der Waals surface area contributed by atoms with Gasteiger partial charge in [-0.1, -0.05) is 6.92 Å². The highest BCUT2D eigenvalue weighted by Gasteiger charge is 2.11. The summed E-state index contributed by atoms with van der Waals surface area (Å²) in [5.74, 6) is 1.29. The molecule has 0 aliphatic carbocycles. The molecule has 0 bridgehead atoms. The number of halogens is 1. The van der Waals surface area contributed by atoms with E-state index >= 15 is 0 Å². The molecule has 0 amide bonds. The summed E-state index contributed by atoms with van der Waals surface area (Å²) in [6, 6.07) is 5.63. The van der Waals surface area contributed by atoms with Crippen LogP contribution in [0.15, 0.2) is 18.2 Å². The normalized spacial score (nSPS) is 10.6.